The lowest BCUT2D eigenvalue weighted by atomic mass is 9.73. The van der Waals surface area contributed by atoms with Gasteiger partial charge in [0.1, 0.15) is 0 Å². The summed E-state index contributed by atoms with van der Waals surface area (Å²) in [6.07, 6.45) is 6.50. The van der Waals surface area contributed by atoms with Gasteiger partial charge in [0.15, 0.2) is 0 Å². The van der Waals surface area contributed by atoms with Crippen molar-refractivity contribution in [3.63, 3.8) is 0 Å². The molecule has 1 rings (SSSR count). The number of rotatable bonds is 7. The summed E-state index contributed by atoms with van der Waals surface area (Å²) < 4.78 is 0. The normalized spacial score (nSPS) is 19.7. The van der Waals surface area contributed by atoms with E-state index in [2.05, 4.69) is 5.32 Å². The van der Waals surface area contributed by atoms with E-state index >= 15 is 0 Å². The predicted octanol–water partition coefficient (Wildman–Crippen LogP) is 1.66. The second kappa shape index (κ2) is 7.48. The van der Waals surface area contributed by atoms with Crippen molar-refractivity contribution in [2.45, 2.75) is 64.3 Å². The summed E-state index contributed by atoms with van der Waals surface area (Å²) in [5, 5.41) is 11.6. The molecule has 0 aromatic rings. The van der Waals surface area contributed by atoms with Gasteiger partial charge in [-0.2, -0.15) is 0 Å². The number of nitrogens with one attached hydrogen (secondary N) is 1. The predicted molar refractivity (Wildman–Crippen MR) is 73.7 cm³/mol. The van der Waals surface area contributed by atoms with Crippen LogP contribution in [-0.2, 0) is 9.59 Å². The average Bonchev–Trinajstić information content (AvgIpc) is 2.39. The maximum Gasteiger partial charge on any atom is 0.303 e. The van der Waals surface area contributed by atoms with Crippen LogP contribution in [0.2, 0.25) is 0 Å². The molecule has 0 radical (unpaired) electrons. The van der Waals surface area contributed by atoms with Crippen LogP contribution < -0.4 is 11.1 Å². The van der Waals surface area contributed by atoms with Crippen LogP contribution in [0.15, 0.2) is 0 Å². The van der Waals surface area contributed by atoms with Gasteiger partial charge < -0.3 is 16.2 Å². The molecule has 5 nitrogen and oxygen atoms in total. The van der Waals surface area contributed by atoms with E-state index in [1.54, 1.807) is 0 Å². The number of carboxylic acid groups (broad SMARTS) is 1. The van der Waals surface area contributed by atoms with Crippen LogP contribution in [0.25, 0.3) is 0 Å². The third kappa shape index (κ3) is 4.82. The Labute approximate surface area is 114 Å². The molecular formula is C14H26N2O3. The van der Waals surface area contributed by atoms with Crippen LogP contribution in [0, 0.1) is 5.41 Å². The molecule has 19 heavy (non-hydrogen) atoms. The molecule has 0 spiro atoms. The molecular weight excluding hydrogens is 244 g/mol. The van der Waals surface area contributed by atoms with Crippen molar-refractivity contribution in [3.8, 4) is 0 Å². The zero-order valence-corrected chi connectivity index (χ0v) is 11.8. The number of amides is 1. The smallest absolute Gasteiger partial charge is 0.303 e. The summed E-state index contributed by atoms with van der Waals surface area (Å²) in [5.41, 5.74) is 5.43. The van der Waals surface area contributed by atoms with Crippen LogP contribution in [0.5, 0.6) is 0 Å². The highest BCUT2D eigenvalue weighted by molar-refractivity contribution is 5.83. The summed E-state index contributed by atoms with van der Waals surface area (Å²) in [5.74, 6) is -0.734. The molecule has 5 heteroatoms. The molecule has 1 saturated carbocycles. The highest BCUT2D eigenvalue weighted by Gasteiger charge is 2.38. The lowest BCUT2D eigenvalue weighted by Crippen LogP contribution is -2.49. The quantitative estimate of drug-likeness (QED) is 0.656. The van der Waals surface area contributed by atoms with Crippen LogP contribution in [0.1, 0.15) is 58.3 Å². The fourth-order valence-corrected chi connectivity index (χ4v) is 2.76. The molecule has 1 aliphatic carbocycles. The second-order valence-electron chi connectivity index (χ2n) is 5.71. The van der Waals surface area contributed by atoms with Crippen LogP contribution in [0.3, 0.4) is 0 Å². The Hall–Kier alpha value is -1.10. The maximum atomic E-state index is 12.4. The van der Waals surface area contributed by atoms with Gasteiger partial charge in [-0.3, -0.25) is 9.59 Å². The van der Waals surface area contributed by atoms with Crippen molar-refractivity contribution in [3.05, 3.63) is 0 Å². The molecule has 0 saturated heterocycles. The van der Waals surface area contributed by atoms with Crippen LogP contribution >= 0.6 is 0 Å². The van der Waals surface area contributed by atoms with Gasteiger partial charge in [-0.05, 0) is 32.6 Å². The van der Waals surface area contributed by atoms with Crippen molar-refractivity contribution in [2.24, 2.45) is 11.1 Å². The van der Waals surface area contributed by atoms with E-state index in [-0.39, 0.29) is 23.8 Å². The molecule has 1 amide bonds. The van der Waals surface area contributed by atoms with Crippen molar-refractivity contribution >= 4 is 11.9 Å². The maximum absolute atomic E-state index is 12.4. The number of carboxylic acids is 1. The van der Waals surface area contributed by atoms with E-state index in [4.69, 9.17) is 10.8 Å². The summed E-state index contributed by atoms with van der Waals surface area (Å²) in [6, 6.07) is 0.0113. The second-order valence-corrected chi connectivity index (χ2v) is 5.71. The summed E-state index contributed by atoms with van der Waals surface area (Å²) in [7, 11) is 0. The minimum absolute atomic E-state index is 0.0113. The van der Waals surface area contributed by atoms with E-state index < -0.39 is 5.97 Å². The molecule has 1 atom stereocenters. The monoisotopic (exact) mass is 270 g/mol. The van der Waals surface area contributed by atoms with Gasteiger partial charge in [-0.15, -0.1) is 0 Å². The number of aliphatic carboxylic acids is 1. The van der Waals surface area contributed by atoms with Gasteiger partial charge in [-0.25, -0.2) is 0 Å². The summed E-state index contributed by atoms with van der Waals surface area (Å²) in [6.45, 7) is 2.33. The number of carbonyl (C=O) groups is 2. The van der Waals surface area contributed by atoms with Gasteiger partial charge in [0, 0.05) is 19.0 Å². The number of carbonyl (C=O) groups excluding carboxylic acids is 1. The lowest BCUT2D eigenvalue weighted by molar-refractivity contribution is -0.137. The molecule has 0 aliphatic heterocycles. The SMILES string of the molecule is CC(CCCC(=O)O)NC(=O)C1(CN)CCCCC1. The van der Waals surface area contributed by atoms with Gasteiger partial charge in [-0.1, -0.05) is 19.3 Å². The fraction of sp³-hybridized carbons (Fsp3) is 0.857. The summed E-state index contributed by atoms with van der Waals surface area (Å²) >= 11 is 0. The van der Waals surface area contributed by atoms with E-state index in [1.165, 1.54) is 6.42 Å². The fourth-order valence-electron chi connectivity index (χ4n) is 2.76. The molecule has 1 aliphatic rings. The molecule has 0 aromatic carbocycles. The van der Waals surface area contributed by atoms with E-state index in [0.29, 0.717) is 19.4 Å². The van der Waals surface area contributed by atoms with E-state index in [9.17, 15) is 9.59 Å². The Morgan fingerprint density at radius 3 is 2.47 bits per heavy atom. The Morgan fingerprint density at radius 1 is 1.32 bits per heavy atom. The highest BCUT2D eigenvalue weighted by atomic mass is 16.4. The first-order valence-electron chi connectivity index (χ1n) is 7.23. The standard InChI is InChI=1S/C14H26N2O3/c1-11(6-5-7-12(17)18)16-13(19)14(10-15)8-3-2-4-9-14/h11H,2-10,15H2,1H3,(H,16,19)(H,17,18). The Morgan fingerprint density at radius 2 is 1.95 bits per heavy atom. The molecule has 4 N–H and O–H groups in total. The Kier molecular flexibility index (Phi) is 6.28. The Bertz CT molecular complexity index is 312. The highest BCUT2D eigenvalue weighted by Crippen LogP contribution is 2.35. The van der Waals surface area contributed by atoms with Gasteiger partial charge >= 0.3 is 5.97 Å². The van der Waals surface area contributed by atoms with Gasteiger partial charge in [0.05, 0.1) is 5.41 Å². The minimum atomic E-state index is -0.788. The average molecular weight is 270 g/mol. The first-order chi connectivity index (χ1) is 9.00. The number of nitrogens with two attached hydrogens (primary N) is 1. The van der Waals surface area contributed by atoms with Crippen molar-refractivity contribution in [1.29, 1.82) is 0 Å². The van der Waals surface area contributed by atoms with Crippen molar-refractivity contribution in [1.82, 2.24) is 5.32 Å². The first kappa shape index (κ1) is 16.0. The first-order valence-corrected chi connectivity index (χ1v) is 7.23. The lowest BCUT2D eigenvalue weighted by Gasteiger charge is -2.35. The molecule has 0 bridgehead atoms. The van der Waals surface area contributed by atoms with E-state index in [1.807, 2.05) is 6.92 Å². The largest absolute Gasteiger partial charge is 0.481 e. The van der Waals surface area contributed by atoms with Crippen molar-refractivity contribution in [2.75, 3.05) is 6.54 Å². The zero-order valence-electron chi connectivity index (χ0n) is 11.8. The summed E-state index contributed by atoms with van der Waals surface area (Å²) in [4.78, 5) is 22.8. The van der Waals surface area contributed by atoms with E-state index in [0.717, 1.165) is 25.7 Å². The third-order valence-corrected chi connectivity index (χ3v) is 4.09. The van der Waals surface area contributed by atoms with Crippen LogP contribution in [-0.4, -0.2) is 29.6 Å². The Balaban J connectivity index is 2.41. The number of hydrogen-bond acceptors (Lipinski definition) is 3. The topological polar surface area (TPSA) is 92.4 Å². The molecule has 1 unspecified atom stereocenters. The van der Waals surface area contributed by atoms with Gasteiger partial charge in [0.25, 0.3) is 0 Å². The minimum Gasteiger partial charge on any atom is -0.481 e. The molecule has 1 fully saturated rings. The molecule has 110 valence electrons. The number of hydrogen-bond donors (Lipinski definition) is 3. The molecule has 0 aromatic heterocycles. The third-order valence-electron chi connectivity index (χ3n) is 4.09. The van der Waals surface area contributed by atoms with Crippen LogP contribution in [0.4, 0.5) is 0 Å². The zero-order chi connectivity index (χ0) is 14.3. The van der Waals surface area contributed by atoms with Gasteiger partial charge in [0.2, 0.25) is 5.91 Å². The van der Waals surface area contributed by atoms with Crippen molar-refractivity contribution < 1.29 is 14.7 Å². The molecule has 0 heterocycles.